The van der Waals surface area contributed by atoms with Gasteiger partial charge in [0.2, 0.25) is 0 Å². The van der Waals surface area contributed by atoms with E-state index in [1.807, 2.05) is 0 Å². The topological polar surface area (TPSA) is 15.3 Å². The standard InChI is InChI=1S/C14H22N2/c1-14(2,3)15-10-11-5-6-13-12(9-11)7-8-16(13)4/h5-6,9,15H,7-8,10H2,1-4H3. The molecule has 1 N–H and O–H groups in total. The molecule has 2 nitrogen and oxygen atoms in total. The summed E-state index contributed by atoms with van der Waals surface area (Å²) >= 11 is 0. The Balaban J connectivity index is 2.08. The lowest BCUT2D eigenvalue weighted by molar-refractivity contribution is 0.424. The Kier molecular flexibility index (Phi) is 2.94. The van der Waals surface area contributed by atoms with Crippen molar-refractivity contribution in [3.05, 3.63) is 29.3 Å². The van der Waals surface area contributed by atoms with E-state index in [4.69, 9.17) is 0 Å². The Bertz CT molecular complexity index is 377. The molecular formula is C14H22N2. The summed E-state index contributed by atoms with van der Waals surface area (Å²) in [6.07, 6.45) is 1.19. The zero-order valence-corrected chi connectivity index (χ0v) is 10.8. The van der Waals surface area contributed by atoms with Crippen LogP contribution in [0.5, 0.6) is 0 Å². The van der Waals surface area contributed by atoms with Gasteiger partial charge < -0.3 is 10.2 Å². The Morgan fingerprint density at radius 3 is 2.75 bits per heavy atom. The van der Waals surface area contributed by atoms with Crippen molar-refractivity contribution in [2.75, 3.05) is 18.5 Å². The highest BCUT2D eigenvalue weighted by molar-refractivity contribution is 5.58. The summed E-state index contributed by atoms with van der Waals surface area (Å²) in [6.45, 7) is 8.72. The maximum atomic E-state index is 3.53. The number of rotatable bonds is 2. The first kappa shape index (κ1) is 11.5. The van der Waals surface area contributed by atoms with Gasteiger partial charge in [0.15, 0.2) is 0 Å². The molecule has 0 fully saturated rings. The van der Waals surface area contributed by atoms with Gasteiger partial charge in [-0.15, -0.1) is 0 Å². The molecule has 0 saturated carbocycles. The molecule has 0 bridgehead atoms. The van der Waals surface area contributed by atoms with E-state index in [1.165, 1.54) is 23.2 Å². The number of hydrogen-bond donors (Lipinski definition) is 1. The van der Waals surface area contributed by atoms with Crippen molar-refractivity contribution in [1.29, 1.82) is 0 Å². The molecule has 1 aromatic carbocycles. The predicted molar refractivity (Wildman–Crippen MR) is 70.0 cm³/mol. The minimum absolute atomic E-state index is 0.190. The maximum Gasteiger partial charge on any atom is 0.0397 e. The molecular weight excluding hydrogens is 196 g/mol. The van der Waals surface area contributed by atoms with E-state index in [-0.39, 0.29) is 5.54 Å². The zero-order chi connectivity index (χ0) is 11.8. The second-order valence-electron chi connectivity index (χ2n) is 5.74. The average molecular weight is 218 g/mol. The number of anilines is 1. The van der Waals surface area contributed by atoms with E-state index >= 15 is 0 Å². The van der Waals surface area contributed by atoms with E-state index in [0.29, 0.717) is 0 Å². The monoisotopic (exact) mass is 218 g/mol. The van der Waals surface area contributed by atoms with Gasteiger partial charge in [-0.05, 0) is 44.4 Å². The molecule has 1 aromatic rings. The molecule has 2 heteroatoms. The fraction of sp³-hybridized carbons (Fsp3) is 0.571. The van der Waals surface area contributed by atoms with Gasteiger partial charge in [-0.1, -0.05) is 12.1 Å². The molecule has 1 aliphatic heterocycles. The number of hydrogen-bond acceptors (Lipinski definition) is 2. The summed E-state index contributed by atoms with van der Waals surface area (Å²) in [7, 11) is 2.17. The molecule has 1 heterocycles. The number of nitrogens with one attached hydrogen (secondary N) is 1. The van der Waals surface area contributed by atoms with Crippen molar-refractivity contribution in [1.82, 2.24) is 5.32 Å². The van der Waals surface area contributed by atoms with Crippen molar-refractivity contribution in [2.24, 2.45) is 0 Å². The first-order chi connectivity index (χ1) is 7.46. The van der Waals surface area contributed by atoms with Gasteiger partial charge in [0.05, 0.1) is 0 Å². The molecule has 0 radical (unpaired) electrons. The van der Waals surface area contributed by atoms with Crippen LogP contribution < -0.4 is 10.2 Å². The highest BCUT2D eigenvalue weighted by Gasteiger charge is 2.16. The quantitative estimate of drug-likeness (QED) is 0.820. The van der Waals surface area contributed by atoms with E-state index in [9.17, 15) is 0 Å². The number of benzene rings is 1. The minimum Gasteiger partial charge on any atom is -0.374 e. The van der Waals surface area contributed by atoms with E-state index < -0.39 is 0 Å². The Labute approximate surface area is 98.7 Å². The third kappa shape index (κ3) is 2.56. The fourth-order valence-corrected chi connectivity index (χ4v) is 2.10. The fourth-order valence-electron chi connectivity index (χ4n) is 2.10. The highest BCUT2D eigenvalue weighted by atomic mass is 15.1. The minimum atomic E-state index is 0.190. The van der Waals surface area contributed by atoms with Crippen LogP contribution in [-0.2, 0) is 13.0 Å². The summed E-state index contributed by atoms with van der Waals surface area (Å²) in [5.74, 6) is 0. The van der Waals surface area contributed by atoms with Crippen LogP contribution in [0.4, 0.5) is 5.69 Å². The Hall–Kier alpha value is -1.02. The molecule has 2 rings (SSSR count). The molecule has 0 amide bonds. The normalized spacial score (nSPS) is 15.4. The Morgan fingerprint density at radius 2 is 2.06 bits per heavy atom. The zero-order valence-electron chi connectivity index (χ0n) is 10.8. The summed E-state index contributed by atoms with van der Waals surface area (Å²) < 4.78 is 0. The number of fused-ring (bicyclic) bond motifs is 1. The van der Waals surface area contributed by atoms with E-state index in [2.05, 4.69) is 56.2 Å². The van der Waals surface area contributed by atoms with Crippen molar-refractivity contribution in [2.45, 2.75) is 39.3 Å². The second kappa shape index (κ2) is 4.10. The van der Waals surface area contributed by atoms with Crippen LogP contribution in [0.3, 0.4) is 0 Å². The molecule has 0 unspecified atom stereocenters. The van der Waals surface area contributed by atoms with Crippen molar-refractivity contribution in [3.63, 3.8) is 0 Å². The van der Waals surface area contributed by atoms with Gasteiger partial charge in [0.25, 0.3) is 0 Å². The SMILES string of the molecule is CN1CCc2cc(CNC(C)(C)C)ccc21. The lowest BCUT2D eigenvalue weighted by Crippen LogP contribution is -2.35. The lowest BCUT2D eigenvalue weighted by atomic mass is 10.1. The van der Waals surface area contributed by atoms with Crippen LogP contribution in [-0.4, -0.2) is 19.1 Å². The molecule has 88 valence electrons. The molecule has 0 aromatic heterocycles. The third-order valence-corrected chi connectivity index (χ3v) is 3.09. The molecule has 1 aliphatic rings. The maximum absolute atomic E-state index is 3.53. The Morgan fingerprint density at radius 1 is 1.31 bits per heavy atom. The lowest BCUT2D eigenvalue weighted by Gasteiger charge is -2.21. The first-order valence-electron chi connectivity index (χ1n) is 6.04. The van der Waals surface area contributed by atoms with Crippen molar-refractivity contribution >= 4 is 5.69 Å². The van der Waals surface area contributed by atoms with Crippen LogP contribution in [0.25, 0.3) is 0 Å². The second-order valence-corrected chi connectivity index (χ2v) is 5.74. The van der Waals surface area contributed by atoms with Gasteiger partial charge >= 0.3 is 0 Å². The molecule has 0 atom stereocenters. The van der Waals surface area contributed by atoms with Gasteiger partial charge in [-0.25, -0.2) is 0 Å². The van der Waals surface area contributed by atoms with Crippen LogP contribution in [0, 0.1) is 0 Å². The number of nitrogens with zero attached hydrogens (tertiary/aromatic N) is 1. The third-order valence-electron chi connectivity index (χ3n) is 3.09. The molecule has 16 heavy (non-hydrogen) atoms. The highest BCUT2D eigenvalue weighted by Crippen LogP contribution is 2.27. The summed E-state index contributed by atoms with van der Waals surface area (Å²) in [5, 5.41) is 3.53. The van der Waals surface area contributed by atoms with Crippen molar-refractivity contribution < 1.29 is 0 Å². The summed E-state index contributed by atoms with van der Waals surface area (Å²) in [6, 6.07) is 6.83. The van der Waals surface area contributed by atoms with Crippen LogP contribution in [0.15, 0.2) is 18.2 Å². The van der Waals surface area contributed by atoms with Crippen LogP contribution >= 0.6 is 0 Å². The van der Waals surface area contributed by atoms with Crippen LogP contribution in [0.2, 0.25) is 0 Å². The van der Waals surface area contributed by atoms with Gasteiger partial charge in [-0.3, -0.25) is 0 Å². The average Bonchev–Trinajstić information content (AvgIpc) is 2.56. The van der Waals surface area contributed by atoms with Crippen LogP contribution in [0.1, 0.15) is 31.9 Å². The molecule has 0 saturated heterocycles. The van der Waals surface area contributed by atoms with Gasteiger partial charge in [0, 0.05) is 31.4 Å². The first-order valence-corrected chi connectivity index (χ1v) is 6.04. The van der Waals surface area contributed by atoms with E-state index in [1.54, 1.807) is 0 Å². The van der Waals surface area contributed by atoms with E-state index in [0.717, 1.165) is 13.1 Å². The predicted octanol–water partition coefficient (Wildman–Crippen LogP) is 2.57. The summed E-state index contributed by atoms with van der Waals surface area (Å²) in [5.41, 5.74) is 4.48. The number of likely N-dealkylation sites (N-methyl/N-ethyl adjacent to an activating group) is 1. The largest absolute Gasteiger partial charge is 0.374 e. The molecule has 0 aliphatic carbocycles. The van der Waals surface area contributed by atoms with Gasteiger partial charge in [-0.2, -0.15) is 0 Å². The molecule has 0 spiro atoms. The smallest absolute Gasteiger partial charge is 0.0397 e. The van der Waals surface area contributed by atoms with Gasteiger partial charge in [0.1, 0.15) is 0 Å². The summed E-state index contributed by atoms with van der Waals surface area (Å²) in [4.78, 5) is 2.33. The van der Waals surface area contributed by atoms with Crippen molar-refractivity contribution in [3.8, 4) is 0 Å².